The van der Waals surface area contributed by atoms with Crippen molar-refractivity contribution >= 4 is 40.7 Å². The van der Waals surface area contributed by atoms with E-state index >= 15 is 0 Å². The quantitative estimate of drug-likeness (QED) is 0.831. The van der Waals surface area contributed by atoms with E-state index in [1.54, 1.807) is 18.2 Å². The van der Waals surface area contributed by atoms with Gasteiger partial charge in [-0.05, 0) is 24.3 Å². The van der Waals surface area contributed by atoms with Gasteiger partial charge in [0.15, 0.2) is 11.6 Å². The summed E-state index contributed by atoms with van der Waals surface area (Å²) >= 11 is 5.82. The third kappa shape index (κ3) is 2.74. The van der Waals surface area contributed by atoms with Crippen molar-refractivity contribution in [3.05, 3.63) is 29.3 Å². The highest BCUT2D eigenvalue weighted by atomic mass is 35.5. The monoisotopic (exact) mass is 280 g/mol. The zero-order valence-corrected chi connectivity index (χ0v) is 10.3. The fourth-order valence-electron chi connectivity index (χ4n) is 1.65. The van der Waals surface area contributed by atoms with Gasteiger partial charge in [0.05, 0.1) is 5.52 Å². The summed E-state index contributed by atoms with van der Waals surface area (Å²) in [6.07, 6.45) is 0.303. The number of amides is 1. The lowest BCUT2D eigenvalue weighted by Gasteiger charge is -2.15. The minimum Gasteiger partial charge on any atom is -0.504 e. The minimum absolute atomic E-state index is 0.104. The molecule has 0 aliphatic heterocycles. The van der Waals surface area contributed by atoms with Crippen molar-refractivity contribution in [3.8, 4) is 5.75 Å². The van der Waals surface area contributed by atoms with Gasteiger partial charge < -0.3 is 10.2 Å². The normalized spacial score (nSPS) is 10.4. The number of hydrogen-bond donors (Lipinski definition) is 2. The van der Waals surface area contributed by atoms with Crippen LogP contribution in [-0.2, 0) is 9.59 Å². The topological polar surface area (TPSA) is 90.7 Å². The summed E-state index contributed by atoms with van der Waals surface area (Å²) < 4.78 is 0. The first-order valence-electron chi connectivity index (χ1n) is 5.24. The molecule has 7 heteroatoms. The third-order valence-corrected chi connectivity index (χ3v) is 2.68. The molecule has 1 amide bonds. The van der Waals surface area contributed by atoms with Crippen LogP contribution in [-0.4, -0.2) is 34.1 Å². The molecule has 2 aromatic rings. The molecule has 98 valence electrons. The summed E-state index contributed by atoms with van der Waals surface area (Å²) in [6, 6.07) is 6.21. The van der Waals surface area contributed by atoms with Gasteiger partial charge in [-0.2, -0.15) is 0 Å². The van der Waals surface area contributed by atoms with E-state index in [1.165, 1.54) is 6.07 Å². The Balaban J connectivity index is 2.54. The molecule has 0 radical (unpaired) electrons. The molecule has 1 heterocycles. The standard InChI is InChI=1S/C12H9ClN2O4/c13-8-1-2-9-7(3-8)4-10(17)12(14-9)15(6-16)5-11(18)19/h1-4,6,17H,5H2,(H,18,19). The molecular formula is C12H9ClN2O4. The average Bonchev–Trinajstić information content (AvgIpc) is 2.35. The Morgan fingerprint density at radius 3 is 2.79 bits per heavy atom. The predicted molar refractivity (Wildman–Crippen MR) is 69.5 cm³/mol. The number of aromatic hydroxyl groups is 1. The van der Waals surface area contributed by atoms with Crippen molar-refractivity contribution < 1.29 is 19.8 Å². The van der Waals surface area contributed by atoms with Gasteiger partial charge in [0, 0.05) is 10.4 Å². The fourth-order valence-corrected chi connectivity index (χ4v) is 1.83. The highest BCUT2D eigenvalue weighted by Gasteiger charge is 2.16. The van der Waals surface area contributed by atoms with Gasteiger partial charge >= 0.3 is 5.97 Å². The Bertz CT molecular complexity index is 659. The number of carbonyl (C=O) groups is 2. The van der Waals surface area contributed by atoms with Crippen molar-refractivity contribution in [1.29, 1.82) is 0 Å². The van der Waals surface area contributed by atoms with E-state index in [9.17, 15) is 14.7 Å². The maximum Gasteiger partial charge on any atom is 0.323 e. The van der Waals surface area contributed by atoms with E-state index in [1.807, 2.05) is 0 Å². The Labute approximate surface area is 112 Å². The number of halogens is 1. The van der Waals surface area contributed by atoms with E-state index in [0.29, 0.717) is 22.3 Å². The Hall–Kier alpha value is -2.34. The minimum atomic E-state index is -1.20. The number of benzene rings is 1. The van der Waals surface area contributed by atoms with Crippen LogP contribution in [0.1, 0.15) is 0 Å². The van der Waals surface area contributed by atoms with Gasteiger partial charge in [0.25, 0.3) is 0 Å². The largest absolute Gasteiger partial charge is 0.504 e. The molecule has 1 aromatic heterocycles. The summed E-state index contributed by atoms with van der Waals surface area (Å²) in [5, 5.41) is 19.6. The van der Waals surface area contributed by atoms with E-state index < -0.39 is 12.5 Å². The van der Waals surface area contributed by atoms with Gasteiger partial charge in [-0.25, -0.2) is 4.98 Å². The van der Waals surface area contributed by atoms with Crippen LogP contribution in [0.25, 0.3) is 10.9 Å². The number of nitrogens with zero attached hydrogens (tertiary/aromatic N) is 2. The lowest BCUT2D eigenvalue weighted by molar-refractivity contribution is -0.136. The van der Waals surface area contributed by atoms with Crippen LogP contribution in [0.5, 0.6) is 5.75 Å². The average molecular weight is 281 g/mol. The van der Waals surface area contributed by atoms with Crippen molar-refractivity contribution in [2.24, 2.45) is 0 Å². The number of rotatable bonds is 4. The summed E-state index contributed by atoms with van der Waals surface area (Å²) in [5.41, 5.74) is 0.495. The number of pyridine rings is 1. The van der Waals surface area contributed by atoms with Crippen molar-refractivity contribution in [1.82, 2.24) is 4.98 Å². The van der Waals surface area contributed by atoms with Gasteiger partial charge in [0.2, 0.25) is 6.41 Å². The zero-order chi connectivity index (χ0) is 14.0. The molecule has 0 spiro atoms. The second-order valence-corrected chi connectivity index (χ2v) is 4.23. The molecule has 0 saturated heterocycles. The molecule has 6 nitrogen and oxygen atoms in total. The molecule has 19 heavy (non-hydrogen) atoms. The lowest BCUT2D eigenvalue weighted by Crippen LogP contribution is -2.28. The number of anilines is 1. The molecule has 0 bridgehead atoms. The van der Waals surface area contributed by atoms with Gasteiger partial charge in [-0.15, -0.1) is 0 Å². The fraction of sp³-hybridized carbons (Fsp3) is 0.0833. The van der Waals surface area contributed by atoms with E-state index in [-0.39, 0.29) is 11.6 Å². The van der Waals surface area contributed by atoms with Crippen molar-refractivity contribution in [2.75, 3.05) is 11.4 Å². The van der Waals surface area contributed by atoms with Crippen LogP contribution in [0.2, 0.25) is 5.02 Å². The third-order valence-electron chi connectivity index (χ3n) is 2.44. The van der Waals surface area contributed by atoms with E-state index in [0.717, 1.165) is 4.90 Å². The van der Waals surface area contributed by atoms with Crippen molar-refractivity contribution in [3.63, 3.8) is 0 Å². The Morgan fingerprint density at radius 2 is 2.16 bits per heavy atom. The second kappa shape index (κ2) is 5.11. The Kier molecular flexibility index (Phi) is 3.52. The number of aromatic nitrogens is 1. The first-order valence-corrected chi connectivity index (χ1v) is 5.62. The highest BCUT2D eigenvalue weighted by molar-refractivity contribution is 6.31. The molecule has 1 aromatic carbocycles. The number of carbonyl (C=O) groups excluding carboxylic acids is 1. The summed E-state index contributed by atoms with van der Waals surface area (Å²) in [5.74, 6) is -1.60. The number of carboxylic acids is 1. The lowest BCUT2D eigenvalue weighted by atomic mass is 10.2. The molecular weight excluding hydrogens is 272 g/mol. The highest BCUT2D eigenvalue weighted by Crippen LogP contribution is 2.29. The van der Waals surface area contributed by atoms with Gasteiger partial charge in [0.1, 0.15) is 6.54 Å². The maximum atomic E-state index is 10.9. The smallest absolute Gasteiger partial charge is 0.323 e. The number of aliphatic carboxylic acids is 1. The molecule has 2 rings (SSSR count). The van der Waals surface area contributed by atoms with Crippen LogP contribution >= 0.6 is 11.6 Å². The van der Waals surface area contributed by atoms with Crippen LogP contribution in [0.3, 0.4) is 0 Å². The second-order valence-electron chi connectivity index (χ2n) is 3.80. The van der Waals surface area contributed by atoms with E-state index in [2.05, 4.69) is 4.98 Å². The predicted octanol–water partition coefficient (Wildman–Crippen LogP) is 1.64. The zero-order valence-electron chi connectivity index (χ0n) is 9.58. The van der Waals surface area contributed by atoms with Crippen LogP contribution in [0.4, 0.5) is 5.82 Å². The molecule has 0 aliphatic rings. The summed E-state index contributed by atoms with van der Waals surface area (Å²) in [7, 11) is 0. The SMILES string of the molecule is O=CN(CC(=O)O)c1nc2ccc(Cl)cc2cc1O. The number of carboxylic acid groups (broad SMARTS) is 1. The first kappa shape index (κ1) is 13.1. The van der Waals surface area contributed by atoms with Crippen molar-refractivity contribution in [2.45, 2.75) is 0 Å². The Morgan fingerprint density at radius 1 is 1.42 bits per heavy atom. The summed E-state index contributed by atoms with van der Waals surface area (Å²) in [6.45, 7) is -0.580. The van der Waals surface area contributed by atoms with Gasteiger partial charge in [-0.3, -0.25) is 14.5 Å². The van der Waals surface area contributed by atoms with Gasteiger partial charge in [-0.1, -0.05) is 11.6 Å². The number of fused-ring (bicyclic) bond motifs is 1. The molecule has 0 fully saturated rings. The molecule has 0 saturated carbocycles. The molecule has 0 aliphatic carbocycles. The maximum absolute atomic E-state index is 10.9. The van der Waals surface area contributed by atoms with Crippen LogP contribution in [0, 0.1) is 0 Å². The first-order chi connectivity index (χ1) is 9.01. The van der Waals surface area contributed by atoms with Crippen LogP contribution < -0.4 is 4.90 Å². The molecule has 0 atom stereocenters. The molecule has 2 N–H and O–H groups in total. The molecule has 0 unspecified atom stereocenters. The summed E-state index contributed by atoms with van der Waals surface area (Å²) in [4.78, 5) is 26.4. The van der Waals surface area contributed by atoms with E-state index in [4.69, 9.17) is 16.7 Å². The number of hydrogen-bond acceptors (Lipinski definition) is 4. The van der Waals surface area contributed by atoms with Crippen LogP contribution in [0.15, 0.2) is 24.3 Å².